The van der Waals surface area contributed by atoms with Crippen molar-refractivity contribution in [1.29, 1.82) is 0 Å². The lowest BCUT2D eigenvalue weighted by atomic mass is 10.0. The fraction of sp³-hybridized carbons (Fsp3) is 0.333. The summed E-state index contributed by atoms with van der Waals surface area (Å²) < 4.78 is 5.67. The van der Waals surface area contributed by atoms with Gasteiger partial charge in [-0.3, -0.25) is 4.90 Å². The third-order valence-electron chi connectivity index (χ3n) is 3.91. The van der Waals surface area contributed by atoms with E-state index in [1.165, 1.54) is 11.1 Å². The lowest BCUT2D eigenvalue weighted by molar-refractivity contribution is 0.139. The topological polar surface area (TPSA) is 12.5 Å². The first kappa shape index (κ1) is 13.3. The molecule has 20 heavy (non-hydrogen) atoms. The van der Waals surface area contributed by atoms with Crippen LogP contribution in [-0.4, -0.2) is 24.7 Å². The second kappa shape index (κ2) is 6.69. The number of hydrogen-bond donors (Lipinski definition) is 0. The van der Waals surface area contributed by atoms with Crippen molar-refractivity contribution in [3.8, 4) is 0 Å². The molecule has 0 spiro atoms. The van der Waals surface area contributed by atoms with Crippen molar-refractivity contribution in [3.05, 3.63) is 71.8 Å². The Balaban J connectivity index is 1.81. The highest BCUT2D eigenvalue weighted by Gasteiger charge is 2.22. The minimum absolute atomic E-state index is 0.457. The summed E-state index contributed by atoms with van der Waals surface area (Å²) in [5.41, 5.74) is 2.77. The quantitative estimate of drug-likeness (QED) is 0.841. The molecule has 0 aliphatic carbocycles. The van der Waals surface area contributed by atoms with E-state index in [0.29, 0.717) is 6.04 Å². The van der Waals surface area contributed by atoms with Gasteiger partial charge in [-0.15, -0.1) is 0 Å². The Morgan fingerprint density at radius 1 is 0.900 bits per heavy atom. The largest absolute Gasteiger partial charge is 0.380 e. The molecule has 0 aromatic heterocycles. The van der Waals surface area contributed by atoms with Crippen LogP contribution in [0.5, 0.6) is 0 Å². The molecule has 0 bridgehead atoms. The predicted octanol–water partition coefficient (Wildman–Crippen LogP) is 3.65. The summed E-state index contributed by atoms with van der Waals surface area (Å²) in [5, 5.41) is 0. The van der Waals surface area contributed by atoms with Crippen LogP contribution in [0.4, 0.5) is 0 Å². The van der Waals surface area contributed by atoms with Gasteiger partial charge in [0, 0.05) is 25.7 Å². The summed E-state index contributed by atoms with van der Waals surface area (Å²) in [4.78, 5) is 2.54. The van der Waals surface area contributed by atoms with Gasteiger partial charge in [-0.1, -0.05) is 60.7 Å². The molecule has 0 radical (unpaired) electrons. The molecule has 0 saturated carbocycles. The van der Waals surface area contributed by atoms with Gasteiger partial charge in [0.25, 0.3) is 0 Å². The van der Waals surface area contributed by atoms with Gasteiger partial charge >= 0.3 is 0 Å². The van der Waals surface area contributed by atoms with Crippen molar-refractivity contribution >= 4 is 0 Å². The normalized spacial score (nSPS) is 20.5. The Hall–Kier alpha value is -1.64. The van der Waals surface area contributed by atoms with Gasteiger partial charge < -0.3 is 4.74 Å². The standard InChI is InChI=1S/C18H21NO/c1-3-7-16(8-4-1)15-19-12-14-20-13-11-18(19)17-9-5-2-6-10-17/h1-10,18H,11-15H2/t18-/m1/s1. The van der Waals surface area contributed by atoms with Crippen LogP contribution in [0.2, 0.25) is 0 Å². The first-order valence-electron chi connectivity index (χ1n) is 7.34. The maximum atomic E-state index is 5.67. The zero-order valence-corrected chi connectivity index (χ0v) is 11.7. The third kappa shape index (κ3) is 3.27. The minimum atomic E-state index is 0.457. The van der Waals surface area contributed by atoms with Crippen LogP contribution in [-0.2, 0) is 11.3 Å². The Morgan fingerprint density at radius 2 is 1.60 bits per heavy atom. The van der Waals surface area contributed by atoms with Crippen molar-refractivity contribution in [1.82, 2.24) is 4.90 Å². The van der Waals surface area contributed by atoms with Crippen molar-refractivity contribution in [2.24, 2.45) is 0 Å². The third-order valence-corrected chi connectivity index (χ3v) is 3.91. The average Bonchev–Trinajstić information content (AvgIpc) is 2.75. The molecule has 1 atom stereocenters. The summed E-state index contributed by atoms with van der Waals surface area (Å²) in [6, 6.07) is 22.0. The van der Waals surface area contributed by atoms with E-state index >= 15 is 0 Å². The molecule has 0 unspecified atom stereocenters. The van der Waals surface area contributed by atoms with Crippen LogP contribution >= 0.6 is 0 Å². The van der Waals surface area contributed by atoms with Gasteiger partial charge in [0.15, 0.2) is 0 Å². The first-order chi connectivity index (χ1) is 9.93. The molecule has 0 amide bonds. The molecule has 3 rings (SSSR count). The van der Waals surface area contributed by atoms with E-state index in [0.717, 1.165) is 32.7 Å². The molecule has 0 N–H and O–H groups in total. The van der Waals surface area contributed by atoms with Gasteiger partial charge in [-0.2, -0.15) is 0 Å². The number of nitrogens with zero attached hydrogens (tertiary/aromatic N) is 1. The molecule has 2 nitrogen and oxygen atoms in total. The summed E-state index contributed by atoms with van der Waals surface area (Å²) in [7, 11) is 0. The summed E-state index contributed by atoms with van der Waals surface area (Å²) in [5.74, 6) is 0. The molecule has 1 aliphatic heterocycles. The molecule has 1 saturated heterocycles. The van der Waals surface area contributed by atoms with E-state index in [2.05, 4.69) is 65.6 Å². The molecular weight excluding hydrogens is 246 g/mol. The van der Waals surface area contributed by atoms with Crippen LogP contribution in [0, 0.1) is 0 Å². The number of hydrogen-bond acceptors (Lipinski definition) is 2. The van der Waals surface area contributed by atoms with Crippen molar-refractivity contribution in [2.75, 3.05) is 19.8 Å². The first-order valence-corrected chi connectivity index (χ1v) is 7.34. The molecule has 1 fully saturated rings. The monoisotopic (exact) mass is 267 g/mol. The number of rotatable bonds is 3. The van der Waals surface area contributed by atoms with E-state index in [1.54, 1.807) is 0 Å². The predicted molar refractivity (Wildman–Crippen MR) is 81.5 cm³/mol. The molecule has 104 valence electrons. The fourth-order valence-electron chi connectivity index (χ4n) is 2.88. The van der Waals surface area contributed by atoms with Crippen LogP contribution < -0.4 is 0 Å². The Morgan fingerprint density at radius 3 is 2.35 bits per heavy atom. The summed E-state index contributed by atoms with van der Waals surface area (Å²) in [6.45, 7) is 3.67. The maximum Gasteiger partial charge on any atom is 0.0593 e. The van der Waals surface area contributed by atoms with E-state index in [9.17, 15) is 0 Å². The smallest absolute Gasteiger partial charge is 0.0593 e. The van der Waals surface area contributed by atoms with Gasteiger partial charge in [0.05, 0.1) is 6.61 Å². The fourth-order valence-corrected chi connectivity index (χ4v) is 2.88. The number of ether oxygens (including phenoxy) is 1. The molecule has 1 aliphatic rings. The minimum Gasteiger partial charge on any atom is -0.380 e. The van der Waals surface area contributed by atoms with E-state index in [4.69, 9.17) is 4.74 Å². The second-order valence-electron chi connectivity index (χ2n) is 5.28. The van der Waals surface area contributed by atoms with Crippen molar-refractivity contribution in [3.63, 3.8) is 0 Å². The molecule has 2 aromatic rings. The van der Waals surface area contributed by atoms with E-state index < -0.39 is 0 Å². The Labute approximate surface area is 121 Å². The summed E-state index contributed by atoms with van der Waals surface area (Å²) in [6.07, 6.45) is 1.07. The van der Waals surface area contributed by atoms with Crippen LogP contribution in [0.25, 0.3) is 0 Å². The van der Waals surface area contributed by atoms with E-state index in [-0.39, 0.29) is 0 Å². The van der Waals surface area contributed by atoms with Crippen LogP contribution in [0.1, 0.15) is 23.6 Å². The van der Waals surface area contributed by atoms with Gasteiger partial charge in [0.1, 0.15) is 0 Å². The van der Waals surface area contributed by atoms with Gasteiger partial charge in [-0.25, -0.2) is 0 Å². The van der Waals surface area contributed by atoms with Crippen LogP contribution in [0.15, 0.2) is 60.7 Å². The zero-order valence-electron chi connectivity index (χ0n) is 11.7. The second-order valence-corrected chi connectivity index (χ2v) is 5.28. The molecule has 1 heterocycles. The zero-order chi connectivity index (χ0) is 13.6. The van der Waals surface area contributed by atoms with Gasteiger partial charge in [-0.05, 0) is 17.5 Å². The lowest BCUT2D eigenvalue weighted by Crippen LogP contribution is -2.29. The van der Waals surface area contributed by atoms with Crippen LogP contribution in [0.3, 0.4) is 0 Å². The molecular formula is C18H21NO. The average molecular weight is 267 g/mol. The highest BCUT2D eigenvalue weighted by molar-refractivity contribution is 5.20. The molecule has 2 aromatic carbocycles. The molecule has 2 heteroatoms. The van der Waals surface area contributed by atoms with Crippen molar-refractivity contribution < 1.29 is 4.74 Å². The summed E-state index contributed by atoms with van der Waals surface area (Å²) >= 11 is 0. The maximum absolute atomic E-state index is 5.67. The van der Waals surface area contributed by atoms with E-state index in [1.807, 2.05) is 0 Å². The van der Waals surface area contributed by atoms with Crippen molar-refractivity contribution in [2.45, 2.75) is 19.0 Å². The van der Waals surface area contributed by atoms with Gasteiger partial charge in [0.2, 0.25) is 0 Å². The Kier molecular flexibility index (Phi) is 4.46. The highest BCUT2D eigenvalue weighted by atomic mass is 16.5. The lowest BCUT2D eigenvalue weighted by Gasteiger charge is -2.29. The SMILES string of the molecule is c1ccc(CN2CCOCC[C@@H]2c2ccccc2)cc1. The highest BCUT2D eigenvalue weighted by Crippen LogP contribution is 2.27. The Bertz CT molecular complexity index is 511. The number of benzene rings is 2.